The molecule has 0 spiro atoms. The quantitative estimate of drug-likeness (QED) is 0.564. The Morgan fingerprint density at radius 3 is 2.78 bits per heavy atom. The van der Waals surface area contributed by atoms with Gasteiger partial charge >= 0.3 is 0 Å². The molecule has 2 nitrogen and oxygen atoms in total. The first-order valence-electron chi connectivity index (χ1n) is 3.08. The van der Waals surface area contributed by atoms with Crippen molar-refractivity contribution in [3.63, 3.8) is 0 Å². The molecule has 0 aliphatic heterocycles. The van der Waals surface area contributed by atoms with Crippen LogP contribution >= 0.6 is 22.6 Å². The van der Waals surface area contributed by atoms with E-state index < -0.39 is 0 Å². The Bertz CT molecular complexity index is 126. The molecule has 52 valence electrons. The molecule has 3 heteroatoms. The number of amides is 1. The Balaban J connectivity index is 2.00. The molecule has 0 aromatic rings. The number of hydrogen-bond acceptors (Lipinski definition) is 1. The Hall–Kier alpha value is 0.200. The largest absolute Gasteiger partial charge is 0.356 e. The van der Waals surface area contributed by atoms with Gasteiger partial charge in [0.15, 0.2) is 0 Å². The second kappa shape index (κ2) is 2.86. The Kier molecular flexibility index (Phi) is 2.32. The van der Waals surface area contributed by atoms with Crippen molar-refractivity contribution in [3.8, 4) is 0 Å². The summed E-state index contributed by atoms with van der Waals surface area (Å²) >= 11 is 2.41. The maximum atomic E-state index is 10.4. The van der Waals surface area contributed by atoms with E-state index >= 15 is 0 Å². The van der Waals surface area contributed by atoms with Crippen molar-refractivity contribution < 1.29 is 4.79 Å². The number of nitrogens with one attached hydrogen (secondary N) is 1. The molecule has 0 bridgehead atoms. The van der Waals surface area contributed by atoms with Gasteiger partial charge in [0.05, 0.1) is 0 Å². The SMILES string of the molecule is CC(=O)NCC1CC1I. The van der Waals surface area contributed by atoms with Crippen molar-refractivity contribution in [3.05, 3.63) is 0 Å². The van der Waals surface area contributed by atoms with E-state index in [1.165, 1.54) is 6.42 Å². The van der Waals surface area contributed by atoms with Crippen molar-refractivity contribution in [1.29, 1.82) is 0 Å². The number of rotatable bonds is 2. The Morgan fingerprint density at radius 1 is 1.89 bits per heavy atom. The molecule has 1 N–H and O–H groups in total. The maximum Gasteiger partial charge on any atom is 0.216 e. The average Bonchev–Trinajstić information content (AvgIpc) is 2.42. The summed E-state index contributed by atoms with van der Waals surface area (Å²) in [6, 6.07) is 0. The first-order chi connectivity index (χ1) is 4.20. The van der Waals surface area contributed by atoms with Gasteiger partial charge in [-0.3, -0.25) is 4.79 Å². The van der Waals surface area contributed by atoms with Gasteiger partial charge in [0.1, 0.15) is 0 Å². The lowest BCUT2D eigenvalue weighted by molar-refractivity contribution is -0.119. The molecular formula is C6H10INO. The lowest BCUT2D eigenvalue weighted by Gasteiger charge is -1.96. The van der Waals surface area contributed by atoms with E-state index in [1.807, 2.05) is 0 Å². The van der Waals surface area contributed by atoms with E-state index in [1.54, 1.807) is 6.92 Å². The molecule has 1 aliphatic rings. The molecule has 1 fully saturated rings. The van der Waals surface area contributed by atoms with Crippen molar-refractivity contribution in [2.45, 2.75) is 17.3 Å². The van der Waals surface area contributed by atoms with Crippen LogP contribution in [0.5, 0.6) is 0 Å². The minimum absolute atomic E-state index is 0.0884. The van der Waals surface area contributed by atoms with E-state index in [0.717, 1.165) is 16.4 Å². The van der Waals surface area contributed by atoms with Gasteiger partial charge in [-0.05, 0) is 12.3 Å². The van der Waals surface area contributed by atoms with E-state index in [9.17, 15) is 4.79 Å². The number of halogens is 1. The van der Waals surface area contributed by atoms with Gasteiger partial charge < -0.3 is 5.32 Å². The Morgan fingerprint density at radius 2 is 2.44 bits per heavy atom. The second-order valence-electron chi connectivity index (χ2n) is 2.45. The zero-order chi connectivity index (χ0) is 6.85. The van der Waals surface area contributed by atoms with Crippen LogP contribution in [0, 0.1) is 5.92 Å². The summed E-state index contributed by atoms with van der Waals surface area (Å²) < 4.78 is 0.814. The molecule has 1 saturated carbocycles. The molecule has 0 saturated heterocycles. The topological polar surface area (TPSA) is 29.1 Å². The van der Waals surface area contributed by atoms with Gasteiger partial charge in [0.2, 0.25) is 5.91 Å². The summed E-state index contributed by atoms with van der Waals surface area (Å²) in [5.74, 6) is 0.847. The van der Waals surface area contributed by atoms with Gasteiger partial charge in [-0.15, -0.1) is 0 Å². The second-order valence-corrected chi connectivity index (χ2v) is 4.05. The van der Waals surface area contributed by atoms with Crippen molar-refractivity contribution in [2.24, 2.45) is 5.92 Å². The third kappa shape index (κ3) is 2.51. The molecule has 0 heterocycles. The summed E-state index contributed by atoms with van der Waals surface area (Å²) in [4.78, 5) is 10.4. The molecule has 1 aliphatic carbocycles. The predicted molar refractivity (Wildman–Crippen MR) is 44.6 cm³/mol. The van der Waals surface area contributed by atoms with Gasteiger partial charge in [-0.1, -0.05) is 22.6 Å². The van der Waals surface area contributed by atoms with Crippen molar-refractivity contribution >= 4 is 28.5 Å². The smallest absolute Gasteiger partial charge is 0.216 e. The number of alkyl halides is 1. The molecular weight excluding hydrogens is 229 g/mol. The molecule has 0 aromatic heterocycles. The predicted octanol–water partition coefficient (Wildman–Crippen LogP) is 0.946. The molecule has 1 rings (SSSR count). The van der Waals surface area contributed by atoms with Gasteiger partial charge in [-0.25, -0.2) is 0 Å². The zero-order valence-electron chi connectivity index (χ0n) is 5.36. The highest BCUT2D eigenvalue weighted by molar-refractivity contribution is 14.1. The van der Waals surface area contributed by atoms with Gasteiger partial charge in [-0.2, -0.15) is 0 Å². The summed E-state index contributed by atoms with van der Waals surface area (Å²) in [5.41, 5.74) is 0. The summed E-state index contributed by atoms with van der Waals surface area (Å²) in [7, 11) is 0. The van der Waals surface area contributed by atoms with Crippen molar-refractivity contribution in [1.82, 2.24) is 5.32 Å². The summed E-state index contributed by atoms with van der Waals surface area (Å²) in [6.45, 7) is 2.44. The normalized spacial score (nSPS) is 31.8. The third-order valence-corrected chi connectivity index (χ3v) is 2.98. The molecule has 2 atom stereocenters. The number of carbonyl (C=O) groups excluding carboxylic acids is 1. The van der Waals surface area contributed by atoms with Crippen LogP contribution in [-0.4, -0.2) is 16.4 Å². The fourth-order valence-corrected chi connectivity index (χ4v) is 1.60. The van der Waals surface area contributed by atoms with E-state index in [4.69, 9.17) is 0 Å². The standard InChI is InChI=1S/C6H10INO/c1-4(9)8-3-5-2-6(5)7/h5-6H,2-3H2,1H3,(H,8,9). The highest BCUT2D eigenvalue weighted by atomic mass is 127. The van der Waals surface area contributed by atoms with Crippen LogP contribution in [0.1, 0.15) is 13.3 Å². The first kappa shape index (κ1) is 7.31. The first-order valence-corrected chi connectivity index (χ1v) is 4.33. The molecule has 2 unspecified atom stereocenters. The van der Waals surface area contributed by atoms with E-state index in [-0.39, 0.29) is 5.91 Å². The molecule has 0 radical (unpaired) electrons. The van der Waals surface area contributed by atoms with E-state index in [2.05, 4.69) is 27.9 Å². The summed E-state index contributed by atoms with van der Waals surface area (Å²) in [5, 5.41) is 2.79. The van der Waals surface area contributed by atoms with Crippen LogP contribution in [0.4, 0.5) is 0 Å². The Labute approximate surface area is 68.5 Å². The average molecular weight is 239 g/mol. The monoisotopic (exact) mass is 239 g/mol. The highest BCUT2D eigenvalue weighted by Gasteiger charge is 2.33. The lowest BCUT2D eigenvalue weighted by Crippen LogP contribution is -2.22. The van der Waals surface area contributed by atoms with Gasteiger partial charge in [0.25, 0.3) is 0 Å². The number of carbonyl (C=O) groups is 1. The van der Waals surface area contributed by atoms with Gasteiger partial charge in [0, 0.05) is 17.4 Å². The van der Waals surface area contributed by atoms with Crippen LogP contribution in [0.25, 0.3) is 0 Å². The maximum absolute atomic E-state index is 10.4. The molecule has 0 aromatic carbocycles. The fraction of sp³-hybridized carbons (Fsp3) is 0.833. The van der Waals surface area contributed by atoms with E-state index in [0.29, 0.717) is 0 Å². The summed E-state index contributed by atoms with van der Waals surface area (Å²) in [6.07, 6.45) is 1.28. The number of hydrogen-bond donors (Lipinski definition) is 1. The lowest BCUT2D eigenvalue weighted by atomic mass is 10.4. The third-order valence-electron chi connectivity index (χ3n) is 1.45. The van der Waals surface area contributed by atoms with Crippen LogP contribution < -0.4 is 5.32 Å². The van der Waals surface area contributed by atoms with Crippen LogP contribution in [-0.2, 0) is 4.79 Å². The fourth-order valence-electron chi connectivity index (χ4n) is 0.697. The zero-order valence-corrected chi connectivity index (χ0v) is 7.51. The highest BCUT2D eigenvalue weighted by Crippen LogP contribution is 2.37. The van der Waals surface area contributed by atoms with Crippen LogP contribution in [0.2, 0.25) is 0 Å². The van der Waals surface area contributed by atoms with Crippen LogP contribution in [0.3, 0.4) is 0 Å². The molecule has 1 amide bonds. The van der Waals surface area contributed by atoms with Crippen molar-refractivity contribution in [2.75, 3.05) is 6.54 Å². The minimum Gasteiger partial charge on any atom is -0.356 e. The molecule has 9 heavy (non-hydrogen) atoms. The minimum atomic E-state index is 0.0884. The van der Waals surface area contributed by atoms with Crippen LogP contribution in [0.15, 0.2) is 0 Å².